The largest absolute Gasteiger partial charge is 0.306 e. The second-order valence-electron chi connectivity index (χ2n) is 4.03. The van der Waals surface area contributed by atoms with Crippen LogP contribution in [0.15, 0.2) is 48.8 Å². The van der Waals surface area contributed by atoms with Gasteiger partial charge in [-0.3, -0.25) is 0 Å². The number of halogens is 1. The maximum absolute atomic E-state index is 4.70. The zero-order chi connectivity index (χ0) is 11.8. The molecule has 3 rings (SSSR count). The van der Waals surface area contributed by atoms with E-state index in [-0.39, 0.29) is 0 Å². The topological polar surface area (TPSA) is 17.3 Å². The normalized spacial score (nSPS) is 10.9. The lowest BCUT2D eigenvalue weighted by Gasteiger charge is -1.99. The molecule has 0 amide bonds. The first kappa shape index (κ1) is 10.8. The molecular formula is C14H11IN2. The van der Waals surface area contributed by atoms with Crippen LogP contribution in [0, 0.1) is 10.5 Å². The average Bonchev–Trinajstić information content (AvgIpc) is 2.75. The van der Waals surface area contributed by atoms with E-state index in [0.717, 1.165) is 11.3 Å². The molecule has 3 aromatic rings. The van der Waals surface area contributed by atoms with Gasteiger partial charge >= 0.3 is 0 Å². The number of benzene rings is 1. The summed E-state index contributed by atoms with van der Waals surface area (Å²) >= 11 is 2.32. The number of imidazole rings is 1. The molecule has 0 saturated carbocycles. The standard InChI is InChI=1S/C14H11IN2/c1-10-5-2-3-6-11(10)13-9-17-8-4-7-12(15)14(17)16-13/h2-9H,1H3. The van der Waals surface area contributed by atoms with Crippen molar-refractivity contribution in [2.45, 2.75) is 6.92 Å². The Morgan fingerprint density at radius 2 is 1.94 bits per heavy atom. The van der Waals surface area contributed by atoms with Crippen molar-refractivity contribution in [2.24, 2.45) is 0 Å². The highest BCUT2D eigenvalue weighted by Crippen LogP contribution is 2.24. The Hall–Kier alpha value is -1.36. The fraction of sp³-hybridized carbons (Fsp3) is 0.0714. The van der Waals surface area contributed by atoms with Crippen molar-refractivity contribution in [1.29, 1.82) is 0 Å². The van der Waals surface area contributed by atoms with Gasteiger partial charge in [-0.05, 0) is 47.2 Å². The van der Waals surface area contributed by atoms with E-state index >= 15 is 0 Å². The number of hydrogen-bond donors (Lipinski definition) is 0. The van der Waals surface area contributed by atoms with Crippen molar-refractivity contribution in [2.75, 3.05) is 0 Å². The third kappa shape index (κ3) is 1.84. The Bertz CT molecular complexity index is 686. The highest BCUT2D eigenvalue weighted by Gasteiger charge is 2.07. The van der Waals surface area contributed by atoms with Gasteiger partial charge in [-0.1, -0.05) is 24.3 Å². The van der Waals surface area contributed by atoms with Gasteiger partial charge in [0.05, 0.1) is 9.26 Å². The molecule has 0 atom stereocenters. The van der Waals surface area contributed by atoms with Crippen LogP contribution < -0.4 is 0 Å². The molecule has 17 heavy (non-hydrogen) atoms. The van der Waals surface area contributed by atoms with Crippen LogP contribution in [0.1, 0.15) is 5.56 Å². The van der Waals surface area contributed by atoms with Gasteiger partial charge in [0.1, 0.15) is 0 Å². The van der Waals surface area contributed by atoms with Crippen molar-refractivity contribution in [1.82, 2.24) is 9.38 Å². The Balaban J connectivity index is 2.26. The van der Waals surface area contributed by atoms with Crippen LogP contribution in [-0.4, -0.2) is 9.38 Å². The van der Waals surface area contributed by atoms with Crippen LogP contribution in [0.4, 0.5) is 0 Å². The average molecular weight is 334 g/mol. The summed E-state index contributed by atoms with van der Waals surface area (Å²) in [6.07, 6.45) is 4.12. The molecule has 0 spiro atoms. The minimum Gasteiger partial charge on any atom is -0.306 e. The van der Waals surface area contributed by atoms with Crippen molar-refractivity contribution in [3.63, 3.8) is 0 Å². The van der Waals surface area contributed by atoms with E-state index in [0.29, 0.717) is 0 Å². The Morgan fingerprint density at radius 1 is 1.12 bits per heavy atom. The fourth-order valence-corrected chi connectivity index (χ4v) is 2.58. The van der Waals surface area contributed by atoms with Crippen LogP contribution in [0.5, 0.6) is 0 Å². The fourth-order valence-electron chi connectivity index (χ4n) is 1.97. The van der Waals surface area contributed by atoms with Gasteiger partial charge in [0.2, 0.25) is 0 Å². The number of rotatable bonds is 1. The highest BCUT2D eigenvalue weighted by atomic mass is 127. The summed E-state index contributed by atoms with van der Waals surface area (Å²) in [5, 5.41) is 0. The first-order chi connectivity index (χ1) is 8.25. The van der Waals surface area contributed by atoms with Crippen LogP contribution in [0.3, 0.4) is 0 Å². The lowest BCUT2D eigenvalue weighted by molar-refractivity contribution is 1.18. The molecule has 3 heteroatoms. The molecule has 0 unspecified atom stereocenters. The number of nitrogens with zero attached hydrogens (tertiary/aromatic N) is 2. The van der Waals surface area contributed by atoms with Gasteiger partial charge in [0.15, 0.2) is 5.65 Å². The van der Waals surface area contributed by atoms with E-state index in [2.05, 4.69) is 70.4 Å². The van der Waals surface area contributed by atoms with Gasteiger partial charge in [0, 0.05) is 18.0 Å². The molecule has 0 aliphatic heterocycles. The molecule has 0 fully saturated rings. The first-order valence-corrected chi connectivity index (χ1v) is 6.53. The van der Waals surface area contributed by atoms with E-state index in [1.807, 2.05) is 12.3 Å². The van der Waals surface area contributed by atoms with E-state index in [9.17, 15) is 0 Å². The molecule has 2 aromatic heterocycles. The number of fused-ring (bicyclic) bond motifs is 1. The van der Waals surface area contributed by atoms with Gasteiger partial charge in [-0.25, -0.2) is 4.98 Å². The van der Waals surface area contributed by atoms with Crippen LogP contribution in [0.25, 0.3) is 16.9 Å². The second kappa shape index (κ2) is 4.14. The summed E-state index contributed by atoms with van der Waals surface area (Å²) in [5.41, 5.74) is 4.51. The summed E-state index contributed by atoms with van der Waals surface area (Å²) in [4.78, 5) is 4.70. The van der Waals surface area contributed by atoms with Gasteiger partial charge in [0.25, 0.3) is 0 Å². The SMILES string of the molecule is Cc1ccccc1-c1cn2cccc(I)c2n1. The summed E-state index contributed by atoms with van der Waals surface area (Å²) in [7, 11) is 0. The minimum atomic E-state index is 1.02. The molecule has 0 bridgehead atoms. The molecule has 0 radical (unpaired) electrons. The second-order valence-corrected chi connectivity index (χ2v) is 5.19. The summed E-state index contributed by atoms with van der Waals surface area (Å²) in [6.45, 7) is 2.12. The van der Waals surface area contributed by atoms with E-state index in [1.165, 1.54) is 14.7 Å². The molecule has 84 valence electrons. The highest BCUT2D eigenvalue weighted by molar-refractivity contribution is 14.1. The van der Waals surface area contributed by atoms with Gasteiger partial charge in [-0.2, -0.15) is 0 Å². The molecule has 0 saturated heterocycles. The monoisotopic (exact) mass is 334 g/mol. The summed E-state index contributed by atoms with van der Waals surface area (Å²) in [6, 6.07) is 12.5. The minimum absolute atomic E-state index is 1.02. The third-order valence-electron chi connectivity index (χ3n) is 2.86. The molecule has 0 aliphatic carbocycles. The number of pyridine rings is 1. The zero-order valence-corrected chi connectivity index (χ0v) is 11.5. The van der Waals surface area contributed by atoms with Gasteiger partial charge in [-0.15, -0.1) is 0 Å². The van der Waals surface area contributed by atoms with Crippen LogP contribution in [-0.2, 0) is 0 Å². The predicted octanol–water partition coefficient (Wildman–Crippen LogP) is 3.91. The van der Waals surface area contributed by atoms with Crippen LogP contribution >= 0.6 is 22.6 Å². The predicted molar refractivity (Wildman–Crippen MR) is 78.1 cm³/mol. The van der Waals surface area contributed by atoms with Crippen molar-refractivity contribution in [3.05, 3.63) is 57.9 Å². The molecule has 1 aromatic carbocycles. The molecular weight excluding hydrogens is 323 g/mol. The molecule has 0 aliphatic rings. The number of hydrogen-bond acceptors (Lipinski definition) is 1. The first-order valence-electron chi connectivity index (χ1n) is 5.45. The van der Waals surface area contributed by atoms with E-state index in [1.54, 1.807) is 0 Å². The maximum atomic E-state index is 4.70. The van der Waals surface area contributed by atoms with Crippen LogP contribution in [0.2, 0.25) is 0 Å². The third-order valence-corrected chi connectivity index (χ3v) is 3.70. The molecule has 2 heterocycles. The maximum Gasteiger partial charge on any atom is 0.150 e. The van der Waals surface area contributed by atoms with E-state index in [4.69, 9.17) is 4.98 Å². The zero-order valence-electron chi connectivity index (χ0n) is 9.39. The quantitative estimate of drug-likeness (QED) is 0.617. The van der Waals surface area contributed by atoms with Gasteiger partial charge < -0.3 is 4.40 Å². The Kier molecular flexibility index (Phi) is 2.63. The number of aryl methyl sites for hydroxylation is 1. The Morgan fingerprint density at radius 3 is 2.71 bits per heavy atom. The van der Waals surface area contributed by atoms with Crippen molar-refractivity contribution >= 4 is 28.2 Å². The lowest BCUT2D eigenvalue weighted by atomic mass is 10.1. The lowest BCUT2D eigenvalue weighted by Crippen LogP contribution is -1.83. The number of aromatic nitrogens is 2. The summed E-state index contributed by atoms with van der Waals surface area (Å²) in [5.74, 6) is 0. The van der Waals surface area contributed by atoms with Crippen molar-refractivity contribution < 1.29 is 0 Å². The molecule has 0 N–H and O–H groups in total. The molecule has 2 nitrogen and oxygen atoms in total. The van der Waals surface area contributed by atoms with Crippen molar-refractivity contribution in [3.8, 4) is 11.3 Å². The summed E-state index contributed by atoms with van der Waals surface area (Å²) < 4.78 is 3.24. The van der Waals surface area contributed by atoms with E-state index < -0.39 is 0 Å². The smallest absolute Gasteiger partial charge is 0.150 e. The Labute approximate surface area is 113 Å².